The first-order valence-electron chi connectivity index (χ1n) is 9.12. The summed E-state index contributed by atoms with van der Waals surface area (Å²) in [6.07, 6.45) is 6.55. The molecule has 0 aliphatic rings. The number of hydrogen-bond donors (Lipinski definition) is 4. The standard InChI is InChI=1S/C19H23N7O4/c1-25-9-13(6-15(25)17(27)21-5-4-12-8-20-11-22-12)23-18(28)16-7-14(10-26(16)2)24-19(29)30-3/h6-11H,4-5H2,1-3H3,(H,20,22)(H,21,27)(H,23,28)(H,24,29). The average Bonchev–Trinajstić information content (AvgIpc) is 3.42. The Bertz CT molecular complexity index is 1050. The van der Waals surface area contributed by atoms with Gasteiger partial charge in [0.15, 0.2) is 0 Å². The number of ether oxygens (including phenoxy) is 1. The Kier molecular flexibility index (Phi) is 6.20. The average molecular weight is 413 g/mol. The highest BCUT2D eigenvalue weighted by Gasteiger charge is 2.17. The highest BCUT2D eigenvalue weighted by atomic mass is 16.5. The molecule has 3 heterocycles. The second-order valence-corrected chi connectivity index (χ2v) is 6.60. The lowest BCUT2D eigenvalue weighted by Gasteiger charge is -2.04. The van der Waals surface area contributed by atoms with Gasteiger partial charge in [-0.1, -0.05) is 0 Å². The van der Waals surface area contributed by atoms with E-state index >= 15 is 0 Å². The molecular weight excluding hydrogens is 390 g/mol. The van der Waals surface area contributed by atoms with Crippen LogP contribution in [0.1, 0.15) is 26.7 Å². The molecule has 0 saturated carbocycles. The first kappa shape index (κ1) is 20.7. The molecule has 4 N–H and O–H groups in total. The van der Waals surface area contributed by atoms with Gasteiger partial charge in [0.25, 0.3) is 11.8 Å². The van der Waals surface area contributed by atoms with Gasteiger partial charge < -0.3 is 29.5 Å². The maximum Gasteiger partial charge on any atom is 0.411 e. The molecular formula is C19H23N7O4. The van der Waals surface area contributed by atoms with Crippen molar-refractivity contribution in [3.05, 3.63) is 54.1 Å². The van der Waals surface area contributed by atoms with Gasteiger partial charge in [-0.15, -0.1) is 0 Å². The van der Waals surface area contributed by atoms with E-state index in [4.69, 9.17) is 0 Å². The highest BCUT2D eigenvalue weighted by molar-refractivity contribution is 6.05. The maximum atomic E-state index is 12.6. The van der Waals surface area contributed by atoms with E-state index in [9.17, 15) is 14.4 Å². The highest BCUT2D eigenvalue weighted by Crippen LogP contribution is 2.17. The van der Waals surface area contributed by atoms with E-state index in [1.807, 2.05) is 0 Å². The van der Waals surface area contributed by atoms with Gasteiger partial charge in [-0.05, 0) is 12.1 Å². The molecule has 11 heteroatoms. The zero-order valence-electron chi connectivity index (χ0n) is 16.9. The molecule has 158 valence electrons. The molecule has 3 amide bonds. The third-order valence-electron chi connectivity index (χ3n) is 4.40. The number of aromatic nitrogens is 4. The van der Waals surface area contributed by atoms with Crippen LogP contribution >= 0.6 is 0 Å². The predicted octanol–water partition coefficient (Wildman–Crippen LogP) is 1.49. The van der Waals surface area contributed by atoms with Crippen molar-refractivity contribution < 1.29 is 19.1 Å². The second kappa shape index (κ2) is 8.99. The number of nitrogens with one attached hydrogen (secondary N) is 4. The molecule has 0 aliphatic carbocycles. The Morgan fingerprint density at radius 3 is 2.27 bits per heavy atom. The summed E-state index contributed by atoms with van der Waals surface area (Å²) >= 11 is 0. The molecule has 0 unspecified atom stereocenters. The van der Waals surface area contributed by atoms with Crippen molar-refractivity contribution in [3.8, 4) is 0 Å². The zero-order valence-corrected chi connectivity index (χ0v) is 16.9. The number of rotatable bonds is 7. The van der Waals surface area contributed by atoms with Crippen molar-refractivity contribution in [1.29, 1.82) is 0 Å². The Labute approximate surface area is 172 Å². The van der Waals surface area contributed by atoms with E-state index in [0.29, 0.717) is 35.7 Å². The van der Waals surface area contributed by atoms with Crippen LogP contribution in [0.5, 0.6) is 0 Å². The van der Waals surface area contributed by atoms with Gasteiger partial charge in [0.05, 0.1) is 24.8 Å². The number of amides is 3. The Balaban J connectivity index is 1.61. The van der Waals surface area contributed by atoms with Crippen molar-refractivity contribution in [3.63, 3.8) is 0 Å². The number of anilines is 2. The normalized spacial score (nSPS) is 10.5. The third kappa shape index (κ3) is 4.87. The van der Waals surface area contributed by atoms with Crippen LogP contribution in [-0.4, -0.2) is 50.7 Å². The van der Waals surface area contributed by atoms with Gasteiger partial charge in [-0.25, -0.2) is 9.78 Å². The molecule has 0 saturated heterocycles. The number of imidazole rings is 1. The molecule has 3 aromatic rings. The Morgan fingerprint density at radius 2 is 1.67 bits per heavy atom. The largest absolute Gasteiger partial charge is 0.453 e. The smallest absolute Gasteiger partial charge is 0.411 e. The number of carbonyl (C=O) groups excluding carboxylic acids is 3. The van der Waals surface area contributed by atoms with Crippen LogP contribution in [0.15, 0.2) is 37.1 Å². The molecule has 11 nitrogen and oxygen atoms in total. The van der Waals surface area contributed by atoms with E-state index in [2.05, 4.69) is 30.7 Å². The second-order valence-electron chi connectivity index (χ2n) is 6.60. The number of H-pyrrole nitrogens is 1. The number of nitrogens with zero attached hydrogens (tertiary/aromatic N) is 3. The van der Waals surface area contributed by atoms with E-state index in [0.717, 1.165) is 5.69 Å². The molecule has 0 bridgehead atoms. The number of aryl methyl sites for hydroxylation is 2. The Morgan fingerprint density at radius 1 is 1.03 bits per heavy atom. The van der Waals surface area contributed by atoms with E-state index in [1.165, 1.54) is 13.2 Å². The van der Waals surface area contributed by atoms with Crippen LogP contribution in [0.25, 0.3) is 0 Å². The summed E-state index contributed by atoms with van der Waals surface area (Å²) in [6, 6.07) is 3.12. The third-order valence-corrected chi connectivity index (χ3v) is 4.40. The number of carbonyl (C=O) groups is 3. The van der Waals surface area contributed by atoms with Crippen LogP contribution in [0.3, 0.4) is 0 Å². The van der Waals surface area contributed by atoms with E-state index in [1.54, 1.807) is 54.2 Å². The minimum atomic E-state index is -0.626. The molecule has 0 radical (unpaired) electrons. The molecule has 0 fully saturated rings. The fraction of sp³-hybridized carbons (Fsp3) is 0.263. The van der Waals surface area contributed by atoms with Gasteiger partial charge in [0, 0.05) is 51.3 Å². The molecule has 0 atom stereocenters. The van der Waals surface area contributed by atoms with Gasteiger partial charge >= 0.3 is 6.09 Å². The lowest BCUT2D eigenvalue weighted by Crippen LogP contribution is -2.27. The fourth-order valence-corrected chi connectivity index (χ4v) is 2.90. The summed E-state index contributed by atoms with van der Waals surface area (Å²) in [6.45, 7) is 0.452. The summed E-state index contributed by atoms with van der Waals surface area (Å²) < 4.78 is 7.75. The van der Waals surface area contributed by atoms with E-state index < -0.39 is 6.09 Å². The number of hydrogen-bond acceptors (Lipinski definition) is 5. The molecule has 30 heavy (non-hydrogen) atoms. The summed E-state index contributed by atoms with van der Waals surface area (Å²) in [5, 5.41) is 8.10. The van der Waals surface area contributed by atoms with E-state index in [-0.39, 0.29) is 11.8 Å². The van der Waals surface area contributed by atoms with Crippen LogP contribution in [0.2, 0.25) is 0 Å². The predicted molar refractivity (Wildman–Crippen MR) is 109 cm³/mol. The molecule has 3 aromatic heterocycles. The summed E-state index contributed by atoms with van der Waals surface area (Å²) in [4.78, 5) is 43.3. The van der Waals surface area contributed by atoms with Gasteiger partial charge in [0.2, 0.25) is 0 Å². The molecule has 0 spiro atoms. The quantitative estimate of drug-likeness (QED) is 0.465. The minimum Gasteiger partial charge on any atom is -0.453 e. The topological polar surface area (TPSA) is 135 Å². The monoisotopic (exact) mass is 413 g/mol. The van der Waals surface area contributed by atoms with Crippen LogP contribution < -0.4 is 16.0 Å². The van der Waals surface area contributed by atoms with Crippen molar-refractivity contribution in [2.24, 2.45) is 14.1 Å². The summed E-state index contributed by atoms with van der Waals surface area (Å²) in [5.74, 6) is -0.631. The minimum absolute atomic E-state index is 0.249. The lowest BCUT2D eigenvalue weighted by atomic mass is 10.3. The van der Waals surface area contributed by atoms with Crippen LogP contribution in [0, 0.1) is 0 Å². The molecule has 0 aliphatic heterocycles. The van der Waals surface area contributed by atoms with Crippen molar-refractivity contribution in [2.75, 3.05) is 24.3 Å². The summed E-state index contributed by atoms with van der Waals surface area (Å²) in [5.41, 5.74) is 2.58. The lowest BCUT2D eigenvalue weighted by molar-refractivity contribution is 0.0944. The van der Waals surface area contributed by atoms with Crippen LogP contribution in [-0.2, 0) is 25.3 Å². The number of methoxy groups -OCH3 is 1. The molecule has 0 aromatic carbocycles. The van der Waals surface area contributed by atoms with Crippen LogP contribution in [0.4, 0.5) is 16.2 Å². The first-order valence-corrected chi connectivity index (χ1v) is 9.12. The maximum absolute atomic E-state index is 12.6. The van der Waals surface area contributed by atoms with Gasteiger partial charge in [-0.3, -0.25) is 14.9 Å². The Hall–Kier alpha value is -4.02. The zero-order chi connectivity index (χ0) is 21.7. The molecule has 3 rings (SSSR count). The van der Waals surface area contributed by atoms with Crippen molar-refractivity contribution in [1.82, 2.24) is 24.4 Å². The number of aromatic amines is 1. The van der Waals surface area contributed by atoms with Crippen molar-refractivity contribution in [2.45, 2.75) is 6.42 Å². The van der Waals surface area contributed by atoms with Gasteiger partial charge in [-0.2, -0.15) is 0 Å². The van der Waals surface area contributed by atoms with Gasteiger partial charge in [0.1, 0.15) is 11.4 Å². The summed E-state index contributed by atoms with van der Waals surface area (Å²) in [7, 11) is 4.66. The SMILES string of the molecule is COC(=O)Nc1cc(C(=O)Nc2cc(C(=O)NCCc3cnc[nH]3)n(C)c2)n(C)c1. The van der Waals surface area contributed by atoms with Crippen molar-refractivity contribution >= 4 is 29.3 Å². The fourth-order valence-electron chi connectivity index (χ4n) is 2.90. The first-order chi connectivity index (χ1) is 14.4.